The Balaban J connectivity index is 5.53. The van der Waals surface area contributed by atoms with Crippen LogP contribution in [0.5, 0.6) is 0 Å². The Kier molecular flexibility index (Phi) is 6.71. The molecule has 0 aliphatic heterocycles. The van der Waals surface area contributed by atoms with Crippen LogP contribution in [0.2, 0.25) is 0 Å². The van der Waals surface area contributed by atoms with Crippen LogP contribution >= 0.6 is 116 Å². The normalized spacial score (nSPS) is 15.8. The van der Waals surface area contributed by atoms with Gasteiger partial charge in [-0.1, -0.05) is 92.8 Å². The van der Waals surface area contributed by atoms with Crippen molar-refractivity contribution in [2.24, 2.45) is 0 Å². The molecule has 98 valence electrons. The molecule has 0 amide bonds. The van der Waals surface area contributed by atoms with Crippen LogP contribution in [0.25, 0.3) is 0 Å². The zero-order valence-corrected chi connectivity index (χ0v) is 14.4. The number of aliphatic hydroxyl groups is 1. The van der Waals surface area contributed by atoms with E-state index in [0.29, 0.717) is 0 Å². The molecule has 0 radical (unpaired) electrons. The molecule has 1 nitrogen and oxygen atoms in total. The Morgan fingerprint density at radius 1 is 0.688 bits per heavy atom. The largest absolute Gasteiger partial charge is 0.360 e. The van der Waals surface area contributed by atoms with E-state index in [4.69, 9.17) is 116 Å². The third-order valence-corrected chi connectivity index (χ3v) is 7.57. The maximum atomic E-state index is 9.32. The lowest BCUT2D eigenvalue weighted by atomic mass is 10.2. The van der Waals surface area contributed by atoms with Crippen LogP contribution in [0.1, 0.15) is 0 Å². The van der Waals surface area contributed by atoms with Crippen molar-refractivity contribution in [3.8, 4) is 0 Å². The van der Waals surface area contributed by atoms with E-state index in [1.54, 1.807) is 0 Å². The lowest BCUT2D eigenvalue weighted by molar-refractivity contribution is 0.184. The van der Waals surface area contributed by atoms with Crippen molar-refractivity contribution in [2.75, 3.05) is 0 Å². The average molecular weight is 433 g/mol. The maximum absolute atomic E-state index is 9.32. The van der Waals surface area contributed by atoms with Gasteiger partial charge in [0.25, 0.3) is 4.52 Å². The van der Waals surface area contributed by atoms with Crippen LogP contribution in [0.3, 0.4) is 0 Å². The third kappa shape index (κ3) is 3.30. The standard InChI is InChI=1S/C5H2Cl10O/c6-1(7)2(8,9)3(10,11)4(12,13)5(14,15)16/h1,16H. The fourth-order valence-corrected chi connectivity index (χ4v) is 2.83. The van der Waals surface area contributed by atoms with Crippen LogP contribution in [0, 0.1) is 0 Å². The van der Waals surface area contributed by atoms with Gasteiger partial charge in [-0.3, -0.25) is 0 Å². The second-order valence-electron chi connectivity index (χ2n) is 2.61. The van der Waals surface area contributed by atoms with Gasteiger partial charge in [-0.25, -0.2) is 0 Å². The number of hydrogen-bond donors (Lipinski definition) is 1. The van der Waals surface area contributed by atoms with Gasteiger partial charge in [0.2, 0.25) is 4.33 Å². The smallest absolute Gasteiger partial charge is 0.251 e. The summed E-state index contributed by atoms with van der Waals surface area (Å²) in [5.74, 6) is 0. The van der Waals surface area contributed by atoms with Crippen molar-refractivity contribution in [3.05, 3.63) is 0 Å². The summed E-state index contributed by atoms with van der Waals surface area (Å²) >= 11 is 55.7. The molecule has 0 rings (SSSR count). The first-order valence-electron chi connectivity index (χ1n) is 3.21. The minimum Gasteiger partial charge on any atom is -0.360 e. The molecule has 0 aromatic rings. The van der Waals surface area contributed by atoms with Crippen LogP contribution in [-0.4, -0.2) is 27.5 Å². The summed E-state index contributed by atoms with van der Waals surface area (Å²) in [7, 11) is 0. The van der Waals surface area contributed by atoms with Crippen molar-refractivity contribution in [1.82, 2.24) is 0 Å². The van der Waals surface area contributed by atoms with E-state index >= 15 is 0 Å². The van der Waals surface area contributed by atoms with Gasteiger partial charge in [0.15, 0.2) is 8.67 Å². The van der Waals surface area contributed by atoms with E-state index in [2.05, 4.69) is 0 Å². The van der Waals surface area contributed by atoms with E-state index in [1.807, 2.05) is 0 Å². The van der Waals surface area contributed by atoms with E-state index in [-0.39, 0.29) is 0 Å². The van der Waals surface area contributed by atoms with Crippen molar-refractivity contribution in [1.29, 1.82) is 0 Å². The molecule has 0 heterocycles. The zero-order valence-electron chi connectivity index (χ0n) is 6.80. The second-order valence-corrected chi connectivity index (χ2v) is 9.04. The number of rotatable bonds is 4. The number of halogens is 10. The maximum Gasteiger partial charge on any atom is 0.251 e. The molecule has 0 saturated heterocycles. The highest BCUT2D eigenvalue weighted by Crippen LogP contribution is 2.62. The molecule has 0 aromatic carbocycles. The lowest BCUT2D eigenvalue weighted by Crippen LogP contribution is -2.59. The molecule has 16 heavy (non-hydrogen) atoms. The highest BCUT2D eigenvalue weighted by atomic mass is 35.6. The zero-order chi connectivity index (χ0) is 13.6. The molecular formula is C5H2Cl10O. The third-order valence-electron chi connectivity index (χ3n) is 1.46. The van der Waals surface area contributed by atoms with Gasteiger partial charge in [-0.15, -0.1) is 23.2 Å². The van der Waals surface area contributed by atoms with Crippen LogP contribution in [0.4, 0.5) is 0 Å². The van der Waals surface area contributed by atoms with Crippen LogP contribution in [0.15, 0.2) is 0 Å². The molecular weight excluding hydrogens is 431 g/mol. The lowest BCUT2D eigenvalue weighted by Gasteiger charge is -2.44. The van der Waals surface area contributed by atoms with Crippen LogP contribution in [-0.2, 0) is 0 Å². The van der Waals surface area contributed by atoms with E-state index in [1.165, 1.54) is 0 Å². The summed E-state index contributed by atoms with van der Waals surface area (Å²) < 4.78 is -10.0. The van der Waals surface area contributed by atoms with E-state index < -0.39 is 22.4 Å². The fraction of sp³-hybridized carbons (Fsp3) is 1.00. The van der Waals surface area contributed by atoms with Crippen molar-refractivity contribution in [3.63, 3.8) is 0 Å². The van der Waals surface area contributed by atoms with Crippen molar-refractivity contribution >= 4 is 116 Å². The molecule has 11 heteroatoms. The quantitative estimate of drug-likeness (QED) is 0.587. The van der Waals surface area contributed by atoms with Gasteiger partial charge < -0.3 is 5.11 Å². The molecule has 0 spiro atoms. The average Bonchev–Trinajstić information content (AvgIpc) is 2.00. The molecule has 0 aliphatic rings. The van der Waals surface area contributed by atoms with E-state index in [0.717, 1.165) is 0 Å². The van der Waals surface area contributed by atoms with Gasteiger partial charge in [-0.2, -0.15) is 0 Å². The van der Waals surface area contributed by atoms with Gasteiger partial charge in [-0.05, 0) is 0 Å². The number of alkyl halides is 10. The first kappa shape index (κ1) is 18.9. The Morgan fingerprint density at radius 3 is 1.19 bits per heavy atom. The molecule has 0 unspecified atom stereocenters. The first-order valence-corrected chi connectivity index (χ1v) is 7.11. The van der Waals surface area contributed by atoms with Crippen molar-refractivity contribution in [2.45, 2.75) is 22.4 Å². The number of hydrogen-bond acceptors (Lipinski definition) is 1. The van der Waals surface area contributed by atoms with Crippen LogP contribution < -0.4 is 0 Å². The highest BCUT2D eigenvalue weighted by molar-refractivity contribution is 6.75. The van der Waals surface area contributed by atoms with Gasteiger partial charge in [0.05, 0.1) is 0 Å². The van der Waals surface area contributed by atoms with E-state index in [9.17, 15) is 5.11 Å². The summed E-state index contributed by atoms with van der Waals surface area (Å²) in [6.07, 6.45) is 0. The van der Waals surface area contributed by atoms with Gasteiger partial charge >= 0.3 is 0 Å². The predicted molar refractivity (Wildman–Crippen MR) is 75.5 cm³/mol. The first-order chi connectivity index (χ1) is 6.69. The minimum absolute atomic E-state index is 1.49. The molecule has 0 bridgehead atoms. The fourth-order valence-electron chi connectivity index (χ4n) is 0.535. The van der Waals surface area contributed by atoms with Gasteiger partial charge in [0.1, 0.15) is 4.84 Å². The molecule has 0 aromatic heterocycles. The Hall–Kier alpha value is 2.86. The summed E-state index contributed by atoms with van der Waals surface area (Å²) in [6.45, 7) is 0. The van der Waals surface area contributed by atoms with Gasteiger partial charge in [0, 0.05) is 0 Å². The SMILES string of the molecule is OC(Cl)(Cl)C(Cl)(Cl)C(Cl)(Cl)C(Cl)(Cl)C(Cl)Cl. The summed E-state index contributed by atoms with van der Waals surface area (Å²) in [5, 5.41) is 9.32. The predicted octanol–water partition coefficient (Wildman–Crippen LogP) is 5.44. The summed E-state index contributed by atoms with van der Waals surface area (Å²) in [6, 6.07) is 0. The molecule has 0 saturated carbocycles. The molecule has 0 aliphatic carbocycles. The Labute approximate surface area is 142 Å². The minimum atomic E-state index is -2.75. The summed E-state index contributed by atoms with van der Waals surface area (Å²) in [5.41, 5.74) is 0. The second kappa shape index (κ2) is 5.69. The highest BCUT2D eigenvalue weighted by Gasteiger charge is 2.70. The molecule has 1 N–H and O–H groups in total. The summed E-state index contributed by atoms with van der Waals surface area (Å²) in [4.78, 5) is -1.49. The van der Waals surface area contributed by atoms with Crippen molar-refractivity contribution < 1.29 is 5.11 Å². The molecule has 0 atom stereocenters. The Bertz CT molecular complexity index is 252. The molecule has 0 fully saturated rings. The Morgan fingerprint density at radius 2 is 1.00 bits per heavy atom. The monoisotopic (exact) mass is 428 g/mol. The topological polar surface area (TPSA) is 20.2 Å².